The number of nitrogens with one attached hydrogen (secondary N) is 1. The van der Waals surface area contributed by atoms with E-state index in [1.54, 1.807) is 6.92 Å². The Morgan fingerprint density at radius 1 is 1.03 bits per heavy atom. The third-order valence-corrected chi connectivity index (χ3v) is 5.83. The quantitative estimate of drug-likeness (QED) is 0.561. The van der Waals surface area contributed by atoms with Gasteiger partial charge in [-0.15, -0.1) is 0 Å². The molecule has 2 aromatic carbocycles. The molecule has 1 amide bonds. The first kappa shape index (κ1) is 24.8. The summed E-state index contributed by atoms with van der Waals surface area (Å²) in [5.74, 6) is -0.336. The summed E-state index contributed by atoms with van der Waals surface area (Å²) in [6.45, 7) is 8.66. The van der Waals surface area contributed by atoms with Crippen molar-refractivity contribution in [2.75, 3.05) is 35.7 Å². The zero-order chi connectivity index (χ0) is 25.0. The Labute approximate surface area is 199 Å². The minimum atomic E-state index is -0.681. The number of aromatic amines is 1. The highest BCUT2D eigenvalue weighted by Gasteiger charge is 2.24. The molecule has 0 bridgehead atoms. The summed E-state index contributed by atoms with van der Waals surface area (Å²) < 4.78 is 1.27. The van der Waals surface area contributed by atoms with Crippen molar-refractivity contribution in [3.05, 3.63) is 86.6 Å². The third kappa shape index (κ3) is 5.39. The molecule has 0 saturated carbocycles. The Morgan fingerprint density at radius 3 is 2.21 bits per heavy atom. The number of nitrogens with two attached hydrogens (primary N) is 1. The van der Waals surface area contributed by atoms with Gasteiger partial charge in [-0.25, -0.2) is 4.79 Å². The van der Waals surface area contributed by atoms with Crippen LogP contribution in [0.5, 0.6) is 0 Å². The van der Waals surface area contributed by atoms with Crippen LogP contribution in [-0.2, 0) is 16.8 Å². The number of carbonyl (C=O) groups excluding carboxylic acids is 1. The van der Waals surface area contributed by atoms with Gasteiger partial charge in [-0.1, -0.05) is 63.2 Å². The number of rotatable bonds is 7. The van der Waals surface area contributed by atoms with Crippen LogP contribution in [0.2, 0.25) is 0 Å². The van der Waals surface area contributed by atoms with Gasteiger partial charge in [0, 0.05) is 19.3 Å². The van der Waals surface area contributed by atoms with Crippen LogP contribution in [0.15, 0.2) is 64.2 Å². The second-order valence-electron chi connectivity index (χ2n) is 9.36. The van der Waals surface area contributed by atoms with Gasteiger partial charge in [0.15, 0.2) is 5.69 Å². The highest BCUT2D eigenvalue weighted by Crippen LogP contribution is 2.25. The molecule has 8 nitrogen and oxygen atoms in total. The number of carbonyl (C=O) groups is 1. The molecule has 0 unspecified atom stereocenters. The van der Waals surface area contributed by atoms with Crippen molar-refractivity contribution in [2.24, 2.45) is 0 Å². The number of hydrogen-bond donors (Lipinski definition) is 2. The molecular formula is C26H33N5O3. The fourth-order valence-electron chi connectivity index (χ4n) is 3.82. The zero-order valence-corrected chi connectivity index (χ0v) is 20.5. The van der Waals surface area contributed by atoms with Crippen molar-refractivity contribution >= 4 is 23.1 Å². The van der Waals surface area contributed by atoms with E-state index in [1.807, 2.05) is 54.4 Å². The van der Waals surface area contributed by atoms with E-state index in [9.17, 15) is 14.4 Å². The number of nitrogens with zero attached hydrogens (tertiary/aromatic N) is 3. The molecule has 1 aromatic heterocycles. The van der Waals surface area contributed by atoms with Crippen molar-refractivity contribution in [3.8, 4) is 0 Å². The Bertz CT molecular complexity index is 1250. The van der Waals surface area contributed by atoms with E-state index in [0.717, 1.165) is 11.3 Å². The van der Waals surface area contributed by atoms with Crippen LogP contribution in [0.3, 0.4) is 0 Å². The van der Waals surface area contributed by atoms with Crippen LogP contribution in [0.4, 0.5) is 17.2 Å². The molecule has 0 spiro atoms. The first-order valence-corrected chi connectivity index (χ1v) is 11.3. The summed E-state index contributed by atoms with van der Waals surface area (Å²) >= 11 is 0. The van der Waals surface area contributed by atoms with Crippen LogP contribution in [0, 0.1) is 0 Å². The predicted molar refractivity (Wildman–Crippen MR) is 138 cm³/mol. The van der Waals surface area contributed by atoms with Gasteiger partial charge in [0.25, 0.3) is 5.56 Å². The predicted octanol–water partition coefficient (Wildman–Crippen LogP) is 2.95. The standard InChI is InChI=1S/C26H33N5O3/c1-6-30(21(32)17-29(5)20-14-12-19(13-15-20)26(2,3)4)22-23(27)31(25(34)28-24(22)33)16-18-10-8-7-9-11-18/h7-15H,6,16-17,27H2,1-5H3,(H,28,33,34). The van der Waals surface area contributed by atoms with Gasteiger partial charge in [-0.2, -0.15) is 0 Å². The van der Waals surface area contributed by atoms with Crippen molar-refractivity contribution in [2.45, 2.75) is 39.7 Å². The molecule has 34 heavy (non-hydrogen) atoms. The molecule has 0 aliphatic rings. The van der Waals surface area contributed by atoms with Gasteiger partial charge in [0.05, 0.1) is 13.1 Å². The van der Waals surface area contributed by atoms with Crippen LogP contribution in [0.1, 0.15) is 38.8 Å². The fraction of sp³-hybridized carbons (Fsp3) is 0.346. The molecule has 0 saturated heterocycles. The molecule has 3 aromatic rings. The van der Waals surface area contributed by atoms with Gasteiger partial charge >= 0.3 is 5.69 Å². The minimum absolute atomic E-state index is 0.0143. The Morgan fingerprint density at radius 2 is 1.65 bits per heavy atom. The fourth-order valence-corrected chi connectivity index (χ4v) is 3.82. The van der Waals surface area contributed by atoms with Crippen molar-refractivity contribution in [1.29, 1.82) is 0 Å². The number of benzene rings is 2. The minimum Gasteiger partial charge on any atom is -0.383 e. The number of likely N-dealkylation sites (N-methyl/N-ethyl adjacent to an activating group) is 2. The van der Waals surface area contributed by atoms with Crippen LogP contribution in [-0.4, -0.2) is 35.6 Å². The van der Waals surface area contributed by atoms with Gasteiger partial charge in [0.1, 0.15) is 5.82 Å². The maximum absolute atomic E-state index is 13.2. The number of amides is 1. The second-order valence-corrected chi connectivity index (χ2v) is 9.36. The van der Waals surface area contributed by atoms with E-state index >= 15 is 0 Å². The monoisotopic (exact) mass is 463 g/mol. The molecule has 0 aliphatic heterocycles. The lowest BCUT2D eigenvalue weighted by molar-refractivity contribution is -0.117. The van der Waals surface area contributed by atoms with E-state index in [4.69, 9.17) is 5.73 Å². The zero-order valence-electron chi connectivity index (χ0n) is 20.5. The van der Waals surface area contributed by atoms with Crippen LogP contribution >= 0.6 is 0 Å². The Balaban J connectivity index is 1.88. The van der Waals surface area contributed by atoms with Gasteiger partial charge in [-0.05, 0) is 35.6 Å². The average Bonchev–Trinajstić information content (AvgIpc) is 2.79. The summed E-state index contributed by atoms with van der Waals surface area (Å²) in [5.41, 5.74) is 7.94. The van der Waals surface area contributed by atoms with Gasteiger partial charge in [-0.3, -0.25) is 19.1 Å². The summed E-state index contributed by atoms with van der Waals surface area (Å²) in [4.78, 5) is 43.9. The second kappa shape index (κ2) is 9.99. The number of nitrogen functional groups attached to an aromatic ring is 1. The maximum atomic E-state index is 13.2. The van der Waals surface area contributed by atoms with Gasteiger partial charge < -0.3 is 15.5 Å². The Hall–Kier alpha value is -3.81. The molecule has 1 heterocycles. The Kier molecular flexibility index (Phi) is 7.29. The van der Waals surface area contributed by atoms with Crippen LogP contribution in [0.25, 0.3) is 0 Å². The highest BCUT2D eigenvalue weighted by molar-refractivity contribution is 5.98. The summed E-state index contributed by atoms with van der Waals surface area (Å²) in [6, 6.07) is 17.4. The number of anilines is 3. The summed E-state index contributed by atoms with van der Waals surface area (Å²) in [7, 11) is 1.82. The van der Waals surface area contributed by atoms with E-state index in [1.165, 1.54) is 15.0 Å². The van der Waals surface area contributed by atoms with Crippen molar-refractivity contribution in [1.82, 2.24) is 9.55 Å². The van der Waals surface area contributed by atoms with E-state index in [0.29, 0.717) is 0 Å². The lowest BCUT2D eigenvalue weighted by Crippen LogP contribution is -2.44. The topological polar surface area (TPSA) is 104 Å². The molecule has 3 rings (SSSR count). The summed E-state index contributed by atoms with van der Waals surface area (Å²) in [5, 5.41) is 0. The molecule has 8 heteroatoms. The van der Waals surface area contributed by atoms with Crippen molar-refractivity contribution < 1.29 is 4.79 Å². The molecule has 3 N–H and O–H groups in total. The summed E-state index contributed by atoms with van der Waals surface area (Å²) in [6.07, 6.45) is 0. The average molecular weight is 464 g/mol. The number of H-pyrrole nitrogens is 1. The van der Waals surface area contributed by atoms with Crippen LogP contribution < -0.4 is 26.8 Å². The largest absolute Gasteiger partial charge is 0.383 e. The lowest BCUT2D eigenvalue weighted by atomic mass is 9.87. The highest BCUT2D eigenvalue weighted by atomic mass is 16.2. The molecular weight excluding hydrogens is 430 g/mol. The molecule has 180 valence electrons. The lowest BCUT2D eigenvalue weighted by Gasteiger charge is -2.27. The first-order valence-electron chi connectivity index (χ1n) is 11.3. The number of aromatic nitrogens is 2. The smallest absolute Gasteiger partial charge is 0.330 e. The first-order chi connectivity index (χ1) is 16.0. The number of hydrogen-bond acceptors (Lipinski definition) is 5. The molecule has 0 radical (unpaired) electrons. The molecule has 0 fully saturated rings. The third-order valence-electron chi connectivity index (χ3n) is 5.83. The van der Waals surface area contributed by atoms with Gasteiger partial charge in [0.2, 0.25) is 5.91 Å². The maximum Gasteiger partial charge on any atom is 0.330 e. The normalized spacial score (nSPS) is 11.3. The SMILES string of the molecule is CCN(C(=O)CN(C)c1ccc(C(C)(C)C)cc1)c1c(N)n(Cc2ccccc2)c(=O)[nH]c1=O. The van der Waals surface area contributed by atoms with E-state index < -0.39 is 11.2 Å². The van der Waals surface area contributed by atoms with E-state index in [-0.39, 0.29) is 42.5 Å². The van der Waals surface area contributed by atoms with E-state index in [2.05, 4.69) is 37.9 Å². The molecule has 0 aliphatic carbocycles. The van der Waals surface area contributed by atoms with Crippen molar-refractivity contribution in [3.63, 3.8) is 0 Å². The molecule has 0 atom stereocenters.